The summed E-state index contributed by atoms with van der Waals surface area (Å²) in [5.41, 5.74) is 16.0. The third-order valence-corrected chi connectivity index (χ3v) is 24.8. The molecule has 0 N–H and O–H groups in total. The number of benzene rings is 10. The third-order valence-electron chi connectivity index (χ3n) is 15.3. The van der Waals surface area contributed by atoms with Crippen molar-refractivity contribution in [1.29, 1.82) is 0 Å². The molecule has 0 amide bonds. The third kappa shape index (κ3) is 5.37. The summed E-state index contributed by atoms with van der Waals surface area (Å²) in [4.78, 5) is 16.0. The van der Waals surface area contributed by atoms with Crippen LogP contribution in [0.15, 0.2) is 258 Å². The molecule has 0 aliphatic carbocycles. The van der Waals surface area contributed by atoms with Crippen LogP contribution in [0.1, 0.15) is 0 Å². The van der Waals surface area contributed by atoms with Gasteiger partial charge in [0, 0.05) is 73.3 Å². The van der Waals surface area contributed by atoms with Crippen molar-refractivity contribution in [2.24, 2.45) is 0 Å². The van der Waals surface area contributed by atoms with Gasteiger partial charge in [0.05, 0.1) is 0 Å². The van der Waals surface area contributed by atoms with Crippen LogP contribution < -0.4 is 63.3 Å². The van der Waals surface area contributed by atoms with Crippen LogP contribution in [0.3, 0.4) is 0 Å². The maximum absolute atomic E-state index is 2.98. The molecule has 0 unspecified atom stereocenters. The molecule has 0 atom stereocenters. The van der Waals surface area contributed by atoms with Crippen LogP contribution in [0.25, 0.3) is 0 Å². The second kappa shape index (κ2) is 14.8. The van der Waals surface area contributed by atoms with E-state index in [1.54, 1.807) is 0 Å². The molecule has 6 aliphatic heterocycles. The Balaban J connectivity index is 0.886. The van der Waals surface area contributed by atoms with Crippen LogP contribution in [-0.4, -0.2) is 21.5 Å². The monoisotopic (exact) mass is 962 g/mol. The Bertz CT molecular complexity index is 3730. The van der Waals surface area contributed by atoms with Gasteiger partial charge in [-0.1, -0.05) is 208 Å². The predicted molar refractivity (Wildman–Crippen MR) is 298 cm³/mol. The van der Waals surface area contributed by atoms with Crippen LogP contribution in [0.4, 0.5) is 34.1 Å². The van der Waals surface area contributed by atoms with E-state index in [9.17, 15) is 0 Å². The van der Waals surface area contributed by atoms with Gasteiger partial charge < -0.3 is 9.80 Å². The van der Waals surface area contributed by atoms with E-state index in [-0.39, 0.29) is 13.4 Å². The zero-order valence-corrected chi connectivity index (χ0v) is 41.2. The van der Waals surface area contributed by atoms with E-state index in [0.717, 1.165) is 0 Å². The summed E-state index contributed by atoms with van der Waals surface area (Å²) in [7, 11) is -2.98. The number of para-hydroxylation sites is 4. The van der Waals surface area contributed by atoms with Gasteiger partial charge in [-0.25, -0.2) is 0 Å². The number of nitrogens with zero attached hydrogens (tertiary/aromatic N) is 2. The molecule has 10 aromatic rings. The number of anilines is 6. The van der Waals surface area contributed by atoms with Gasteiger partial charge >= 0.3 is 0 Å². The molecule has 69 heavy (non-hydrogen) atoms. The fourth-order valence-corrected chi connectivity index (χ4v) is 23.0. The van der Waals surface area contributed by atoms with E-state index in [0.29, 0.717) is 0 Å². The zero-order chi connectivity index (χ0) is 45.0. The van der Waals surface area contributed by atoms with Gasteiger partial charge in [0.2, 0.25) is 13.4 Å². The highest BCUT2D eigenvalue weighted by atomic mass is 32.2. The van der Waals surface area contributed by atoms with E-state index in [1.807, 2.05) is 47.0 Å². The standard InChI is InChI=1S/C60H36B2N2S4Si/c1-8-23-47-39(16-1)62-42-33-32-37(34-52(42)68-51-27-15-26-50(65-47)59(51)62)63-43-19-4-11-28-55(43)69(56-29-12-5-20-44(56)63)57-30-13-6-21-45(57)64(46-22-7-14-31-58(46)69)38-35-53-60-54(36-38)67-49-25-10-3-18-41(49)61(60)40-17-2-9-24-48(40)66-53/h1-36H. The molecule has 0 fully saturated rings. The van der Waals surface area contributed by atoms with E-state index in [2.05, 4.69) is 228 Å². The molecule has 320 valence electrons. The van der Waals surface area contributed by atoms with E-state index in [1.165, 1.54) is 127 Å². The molecular formula is C60H36B2N2S4Si. The molecule has 0 radical (unpaired) electrons. The van der Waals surface area contributed by atoms with Crippen molar-refractivity contribution in [3.05, 3.63) is 218 Å². The summed E-state index contributed by atoms with van der Waals surface area (Å²) in [6, 6.07) is 83.8. The van der Waals surface area contributed by atoms with Crippen molar-refractivity contribution in [1.82, 2.24) is 0 Å². The molecule has 10 aromatic carbocycles. The molecular weight excluding hydrogens is 927 g/mol. The van der Waals surface area contributed by atoms with Crippen molar-refractivity contribution in [3.63, 3.8) is 0 Å². The van der Waals surface area contributed by atoms with Gasteiger partial charge in [-0.2, -0.15) is 0 Å². The number of hydrogen-bond acceptors (Lipinski definition) is 6. The highest BCUT2D eigenvalue weighted by Crippen LogP contribution is 2.48. The van der Waals surface area contributed by atoms with Crippen LogP contribution >= 0.6 is 47.0 Å². The molecule has 16 rings (SSSR count). The minimum absolute atomic E-state index is 0.216. The van der Waals surface area contributed by atoms with E-state index < -0.39 is 8.07 Å². The average Bonchev–Trinajstić information content (AvgIpc) is 3.40. The lowest BCUT2D eigenvalue weighted by Crippen LogP contribution is -2.79. The molecule has 6 heterocycles. The SMILES string of the molecule is c1ccc2c(c1)Sc1cccc3c1B2c1ccc(N2c4ccccc4[Si]4(c5ccccc52)c2ccccc2N(c2cc5c6c(c2)Sc2ccccc2B6c2ccccc2S5)c2ccccc24)cc1S3. The average molecular weight is 963 g/mol. The largest absolute Gasteiger partial charge is 0.311 e. The number of rotatable bonds is 2. The molecule has 9 heteroatoms. The molecule has 0 aromatic heterocycles. The normalized spacial score (nSPS) is 15.3. The van der Waals surface area contributed by atoms with Gasteiger partial charge in [-0.3, -0.25) is 0 Å². The lowest BCUT2D eigenvalue weighted by Gasteiger charge is -2.50. The fraction of sp³-hybridized carbons (Fsp3) is 0. The predicted octanol–water partition coefficient (Wildman–Crippen LogP) is 9.52. The fourth-order valence-electron chi connectivity index (χ4n) is 12.6. The lowest BCUT2D eigenvalue weighted by molar-refractivity contribution is 1.23. The number of fused-ring (bicyclic) bond motifs is 16. The Morgan fingerprint density at radius 2 is 0.609 bits per heavy atom. The quantitative estimate of drug-likeness (QED) is 0.158. The Hall–Kier alpha value is -6.45. The van der Waals surface area contributed by atoms with E-state index >= 15 is 0 Å². The summed E-state index contributed by atoms with van der Waals surface area (Å²) in [5, 5.41) is 5.69. The first-order valence-corrected chi connectivity index (χ1v) is 28.9. The second-order valence-electron chi connectivity index (χ2n) is 18.6. The topological polar surface area (TPSA) is 6.48 Å². The van der Waals surface area contributed by atoms with Crippen molar-refractivity contribution in [3.8, 4) is 0 Å². The molecule has 0 saturated carbocycles. The highest BCUT2D eigenvalue weighted by molar-refractivity contribution is 8.02. The van der Waals surface area contributed by atoms with E-state index in [4.69, 9.17) is 0 Å². The van der Waals surface area contributed by atoms with Gasteiger partial charge in [-0.15, -0.1) is 0 Å². The highest BCUT2D eigenvalue weighted by Gasteiger charge is 2.54. The Morgan fingerprint density at radius 1 is 0.275 bits per heavy atom. The second-order valence-corrected chi connectivity index (χ2v) is 26.6. The summed E-state index contributed by atoms with van der Waals surface area (Å²) in [5.74, 6) is 0. The van der Waals surface area contributed by atoms with Gasteiger partial charge in [0.25, 0.3) is 0 Å². The van der Waals surface area contributed by atoms with Gasteiger partial charge in [-0.05, 0) is 111 Å². The maximum Gasteiger partial charge on any atom is 0.247 e. The van der Waals surface area contributed by atoms with Gasteiger partial charge in [0.15, 0.2) is 8.07 Å². The minimum atomic E-state index is -2.98. The zero-order valence-electron chi connectivity index (χ0n) is 37.0. The molecule has 1 spiro atoms. The van der Waals surface area contributed by atoms with Crippen molar-refractivity contribution in [2.75, 3.05) is 9.80 Å². The molecule has 0 saturated heterocycles. The Labute approximate surface area is 420 Å². The maximum atomic E-state index is 2.60. The van der Waals surface area contributed by atoms with Crippen LogP contribution in [-0.2, 0) is 0 Å². The Kier molecular flexibility index (Phi) is 8.44. The first-order valence-electron chi connectivity index (χ1n) is 23.6. The summed E-state index contributed by atoms with van der Waals surface area (Å²) < 4.78 is 0. The summed E-state index contributed by atoms with van der Waals surface area (Å²) in [6.07, 6.45) is 0. The molecule has 6 aliphatic rings. The first-order chi connectivity index (χ1) is 34.2. The van der Waals surface area contributed by atoms with Crippen LogP contribution in [0.2, 0.25) is 0 Å². The molecule has 0 bridgehead atoms. The summed E-state index contributed by atoms with van der Waals surface area (Å²) >= 11 is 7.72. The minimum Gasteiger partial charge on any atom is -0.311 e. The van der Waals surface area contributed by atoms with Crippen molar-refractivity contribution >= 4 is 156 Å². The smallest absolute Gasteiger partial charge is 0.247 e. The molecule has 2 nitrogen and oxygen atoms in total. The number of hydrogen-bond donors (Lipinski definition) is 0. The van der Waals surface area contributed by atoms with Crippen molar-refractivity contribution in [2.45, 2.75) is 39.2 Å². The lowest BCUT2D eigenvalue weighted by atomic mass is 9.36. The van der Waals surface area contributed by atoms with Crippen LogP contribution in [0.5, 0.6) is 0 Å². The van der Waals surface area contributed by atoms with Gasteiger partial charge in [0.1, 0.15) is 0 Å². The summed E-state index contributed by atoms with van der Waals surface area (Å²) in [6.45, 7) is 0.433. The van der Waals surface area contributed by atoms with Crippen molar-refractivity contribution < 1.29 is 0 Å². The Morgan fingerprint density at radius 3 is 1.09 bits per heavy atom. The van der Waals surface area contributed by atoms with Crippen LogP contribution in [0, 0.1) is 0 Å². The first kappa shape index (κ1) is 39.4.